The van der Waals surface area contributed by atoms with Crippen LogP contribution in [0.4, 0.5) is 4.79 Å². The third-order valence-corrected chi connectivity index (χ3v) is 3.89. The molecule has 1 aromatic rings. The van der Waals surface area contributed by atoms with Gasteiger partial charge in [-0.15, -0.1) is 0 Å². The maximum atomic E-state index is 11.8. The fraction of sp³-hybridized carbons (Fsp3) is 0.562. The van der Waals surface area contributed by atoms with Gasteiger partial charge in [-0.05, 0) is 18.9 Å². The van der Waals surface area contributed by atoms with Gasteiger partial charge < -0.3 is 20.5 Å². The van der Waals surface area contributed by atoms with E-state index in [1.54, 1.807) is 19.2 Å². The monoisotopic (exact) mass is 292 g/mol. The van der Waals surface area contributed by atoms with E-state index in [0.29, 0.717) is 11.3 Å². The fourth-order valence-electron chi connectivity index (χ4n) is 2.72. The molecule has 5 nitrogen and oxygen atoms in total. The maximum Gasteiger partial charge on any atom is 0.315 e. The van der Waals surface area contributed by atoms with Crippen molar-refractivity contribution in [3.8, 4) is 5.75 Å². The van der Waals surface area contributed by atoms with E-state index in [1.165, 1.54) is 19.3 Å². The molecule has 1 atom stereocenters. The van der Waals surface area contributed by atoms with Crippen molar-refractivity contribution in [1.82, 2.24) is 10.6 Å². The maximum absolute atomic E-state index is 11.8. The lowest BCUT2D eigenvalue weighted by Gasteiger charge is -2.23. The number of benzene rings is 1. The van der Waals surface area contributed by atoms with Crippen LogP contribution in [0.25, 0.3) is 0 Å². The number of rotatable bonds is 5. The Morgan fingerprint density at radius 3 is 2.76 bits per heavy atom. The number of carbonyl (C=O) groups is 1. The van der Waals surface area contributed by atoms with Crippen LogP contribution in [0.3, 0.4) is 0 Å². The highest BCUT2D eigenvalue weighted by Gasteiger charge is 2.17. The van der Waals surface area contributed by atoms with Crippen LogP contribution in [0.5, 0.6) is 5.75 Å². The molecule has 2 rings (SSSR count). The topological polar surface area (TPSA) is 70.6 Å². The lowest BCUT2D eigenvalue weighted by Crippen LogP contribution is -2.44. The van der Waals surface area contributed by atoms with Crippen LogP contribution in [-0.4, -0.2) is 30.8 Å². The average molecular weight is 292 g/mol. The highest BCUT2D eigenvalue weighted by atomic mass is 16.5. The zero-order valence-corrected chi connectivity index (χ0v) is 12.5. The van der Waals surface area contributed by atoms with Gasteiger partial charge in [0.15, 0.2) is 0 Å². The van der Waals surface area contributed by atoms with Gasteiger partial charge in [0.1, 0.15) is 5.75 Å². The molecular weight excluding hydrogens is 268 g/mol. The van der Waals surface area contributed by atoms with E-state index in [4.69, 9.17) is 4.74 Å². The molecule has 0 spiro atoms. The summed E-state index contributed by atoms with van der Waals surface area (Å²) < 4.78 is 5.21. The van der Waals surface area contributed by atoms with Crippen molar-refractivity contribution in [3.63, 3.8) is 0 Å². The quantitative estimate of drug-likeness (QED) is 0.780. The number of urea groups is 1. The highest BCUT2D eigenvalue weighted by molar-refractivity contribution is 5.74. The van der Waals surface area contributed by atoms with Gasteiger partial charge in [0.2, 0.25) is 0 Å². The molecule has 116 valence electrons. The number of hydrogen-bond donors (Lipinski definition) is 3. The van der Waals surface area contributed by atoms with Crippen molar-refractivity contribution in [2.45, 2.75) is 44.2 Å². The Hall–Kier alpha value is -1.75. The van der Waals surface area contributed by atoms with Crippen LogP contribution in [0.2, 0.25) is 0 Å². The van der Waals surface area contributed by atoms with E-state index >= 15 is 0 Å². The van der Waals surface area contributed by atoms with Crippen LogP contribution in [0.15, 0.2) is 24.3 Å². The molecule has 2 amide bonds. The molecule has 0 bridgehead atoms. The third-order valence-electron chi connectivity index (χ3n) is 3.89. The van der Waals surface area contributed by atoms with Gasteiger partial charge in [-0.3, -0.25) is 0 Å². The average Bonchev–Trinajstić information content (AvgIpc) is 2.53. The molecule has 0 radical (unpaired) electrons. The minimum absolute atomic E-state index is 0.166. The standard InChI is InChI=1S/C16H24N2O3/c1-21-15-10-6-5-9-13(15)14(19)11-17-16(20)18-12-7-3-2-4-8-12/h5-6,9-10,12,14,19H,2-4,7-8,11H2,1H3,(H2,17,18,20). The third kappa shape index (κ3) is 4.63. The molecule has 1 aliphatic carbocycles. The first-order chi connectivity index (χ1) is 10.2. The number of aliphatic hydroxyl groups is 1. The molecule has 0 aliphatic heterocycles. The molecule has 1 aromatic carbocycles. The molecule has 1 aliphatic rings. The first-order valence-corrected chi connectivity index (χ1v) is 7.56. The fourth-order valence-corrected chi connectivity index (χ4v) is 2.72. The Kier molecular flexibility index (Phi) is 5.87. The van der Waals surface area contributed by atoms with E-state index in [1.807, 2.05) is 12.1 Å². The van der Waals surface area contributed by atoms with Crippen molar-refractivity contribution >= 4 is 6.03 Å². The van der Waals surface area contributed by atoms with Crippen molar-refractivity contribution in [1.29, 1.82) is 0 Å². The van der Waals surface area contributed by atoms with E-state index in [0.717, 1.165) is 12.8 Å². The summed E-state index contributed by atoms with van der Waals surface area (Å²) in [6.07, 6.45) is 4.92. The first-order valence-electron chi connectivity index (χ1n) is 7.56. The number of aliphatic hydroxyl groups excluding tert-OH is 1. The minimum Gasteiger partial charge on any atom is -0.496 e. The number of methoxy groups -OCH3 is 1. The number of para-hydroxylation sites is 1. The largest absolute Gasteiger partial charge is 0.496 e. The first kappa shape index (κ1) is 15.6. The van der Waals surface area contributed by atoms with Gasteiger partial charge in [-0.2, -0.15) is 0 Å². The molecule has 0 aromatic heterocycles. The molecule has 3 N–H and O–H groups in total. The van der Waals surface area contributed by atoms with E-state index in [-0.39, 0.29) is 18.6 Å². The normalized spacial score (nSPS) is 17.0. The van der Waals surface area contributed by atoms with Crippen molar-refractivity contribution in [2.24, 2.45) is 0 Å². The van der Waals surface area contributed by atoms with E-state index in [9.17, 15) is 9.90 Å². The predicted octanol–water partition coefficient (Wildman–Crippen LogP) is 2.36. The molecular formula is C16H24N2O3. The van der Waals surface area contributed by atoms with E-state index in [2.05, 4.69) is 10.6 Å². The van der Waals surface area contributed by atoms with Gasteiger partial charge in [0, 0.05) is 18.2 Å². The second kappa shape index (κ2) is 7.88. The second-order valence-electron chi connectivity index (χ2n) is 5.45. The lowest BCUT2D eigenvalue weighted by molar-refractivity contribution is 0.168. The van der Waals surface area contributed by atoms with Gasteiger partial charge in [-0.1, -0.05) is 37.5 Å². The summed E-state index contributed by atoms with van der Waals surface area (Å²) in [7, 11) is 1.56. The summed E-state index contributed by atoms with van der Waals surface area (Å²) >= 11 is 0. The highest BCUT2D eigenvalue weighted by Crippen LogP contribution is 2.24. The number of nitrogens with one attached hydrogen (secondary N) is 2. The Morgan fingerprint density at radius 2 is 2.05 bits per heavy atom. The molecule has 5 heteroatoms. The Balaban J connectivity index is 1.80. The van der Waals surface area contributed by atoms with Crippen LogP contribution >= 0.6 is 0 Å². The zero-order valence-electron chi connectivity index (χ0n) is 12.5. The van der Waals surface area contributed by atoms with Crippen LogP contribution in [0.1, 0.15) is 43.8 Å². The number of carbonyl (C=O) groups excluding carboxylic acids is 1. The summed E-state index contributed by atoms with van der Waals surface area (Å²) in [5.41, 5.74) is 0.679. The smallest absolute Gasteiger partial charge is 0.315 e. The number of hydrogen-bond acceptors (Lipinski definition) is 3. The lowest BCUT2D eigenvalue weighted by atomic mass is 9.96. The summed E-state index contributed by atoms with van der Waals surface area (Å²) in [6.45, 7) is 0.166. The van der Waals surface area contributed by atoms with Crippen molar-refractivity contribution < 1.29 is 14.6 Å². The molecule has 0 saturated heterocycles. The summed E-state index contributed by atoms with van der Waals surface area (Å²) in [5, 5.41) is 15.9. The second-order valence-corrected chi connectivity index (χ2v) is 5.45. The molecule has 1 saturated carbocycles. The Morgan fingerprint density at radius 1 is 1.33 bits per heavy atom. The molecule has 21 heavy (non-hydrogen) atoms. The summed E-state index contributed by atoms with van der Waals surface area (Å²) in [4.78, 5) is 11.8. The summed E-state index contributed by atoms with van der Waals surface area (Å²) in [6, 6.07) is 7.32. The van der Waals surface area contributed by atoms with E-state index < -0.39 is 6.10 Å². The Bertz CT molecular complexity index is 459. The Labute approximate surface area is 125 Å². The van der Waals surface area contributed by atoms with Crippen LogP contribution in [0, 0.1) is 0 Å². The summed E-state index contributed by atoms with van der Waals surface area (Å²) in [5.74, 6) is 0.625. The zero-order chi connectivity index (χ0) is 15.1. The van der Waals surface area contributed by atoms with Crippen molar-refractivity contribution in [3.05, 3.63) is 29.8 Å². The SMILES string of the molecule is COc1ccccc1C(O)CNC(=O)NC1CCCCC1. The van der Waals surface area contributed by atoms with Gasteiger partial charge in [0.25, 0.3) is 0 Å². The predicted molar refractivity (Wildman–Crippen MR) is 81.4 cm³/mol. The van der Waals surface area contributed by atoms with Crippen molar-refractivity contribution in [2.75, 3.05) is 13.7 Å². The van der Waals surface area contributed by atoms with Crippen LogP contribution < -0.4 is 15.4 Å². The minimum atomic E-state index is -0.779. The van der Waals surface area contributed by atoms with Gasteiger partial charge in [0.05, 0.1) is 13.2 Å². The molecule has 1 unspecified atom stereocenters. The molecule has 0 heterocycles. The van der Waals surface area contributed by atoms with Gasteiger partial charge >= 0.3 is 6.03 Å². The van der Waals surface area contributed by atoms with Gasteiger partial charge in [-0.25, -0.2) is 4.79 Å². The number of amides is 2. The number of ether oxygens (including phenoxy) is 1. The molecule has 1 fully saturated rings. The van der Waals surface area contributed by atoms with Crippen LogP contribution in [-0.2, 0) is 0 Å².